The van der Waals surface area contributed by atoms with Gasteiger partial charge in [0.1, 0.15) is 11.6 Å². The molecule has 2 aromatic carbocycles. The number of carboxylic acid groups (broad SMARTS) is 1. The molecule has 1 aliphatic rings. The van der Waals surface area contributed by atoms with Gasteiger partial charge in [0.15, 0.2) is 0 Å². The largest absolute Gasteiger partial charge is 0.493 e. The fourth-order valence-electron chi connectivity index (χ4n) is 3.22. The molecule has 1 atom stereocenters. The Hall–Kier alpha value is -3.41. The van der Waals surface area contributed by atoms with Gasteiger partial charge in [0.2, 0.25) is 0 Å². The zero-order chi connectivity index (χ0) is 18.8. The second-order valence-electron chi connectivity index (χ2n) is 6.37. The molecule has 2 N–H and O–H groups in total. The predicted octanol–water partition coefficient (Wildman–Crippen LogP) is 4.17. The minimum atomic E-state index is -0.994. The first-order valence-electron chi connectivity index (χ1n) is 8.55. The molecule has 4 rings (SSSR count). The smallest absolute Gasteiger partial charge is 0.337 e. The average Bonchev–Trinajstić information content (AvgIpc) is 3.09. The van der Waals surface area contributed by atoms with Crippen molar-refractivity contribution in [3.63, 3.8) is 0 Å². The van der Waals surface area contributed by atoms with Crippen LogP contribution in [0.1, 0.15) is 21.8 Å². The van der Waals surface area contributed by atoms with Crippen LogP contribution in [0.2, 0.25) is 0 Å². The number of pyridine rings is 1. The standard InChI is InChI=1S/C21H17FN2O3/c22-16-4-1-13(2-5-16)14-3-6-17-15(12-27-20(17)9-14)10-24-19-11-23-8-7-18(19)21(25)26/h1-9,11,15,24H,10,12H2,(H,25,26). The van der Waals surface area contributed by atoms with E-state index < -0.39 is 5.97 Å². The lowest BCUT2D eigenvalue weighted by molar-refractivity contribution is 0.0698. The molecule has 1 unspecified atom stereocenters. The fraction of sp³-hybridized carbons (Fsp3) is 0.143. The Morgan fingerprint density at radius 3 is 2.74 bits per heavy atom. The number of fused-ring (bicyclic) bond motifs is 1. The van der Waals surface area contributed by atoms with Gasteiger partial charge in [0.25, 0.3) is 0 Å². The van der Waals surface area contributed by atoms with E-state index in [-0.39, 0.29) is 17.3 Å². The SMILES string of the molecule is O=C(O)c1ccncc1NCC1COc2cc(-c3ccc(F)cc3)ccc21. The molecule has 27 heavy (non-hydrogen) atoms. The molecule has 0 amide bonds. The van der Waals surface area contributed by atoms with E-state index in [2.05, 4.69) is 10.3 Å². The second-order valence-corrected chi connectivity index (χ2v) is 6.37. The summed E-state index contributed by atoms with van der Waals surface area (Å²) in [6, 6.07) is 13.8. The molecular formula is C21H17FN2O3. The summed E-state index contributed by atoms with van der Waals surface area (Å²) in [5.74, 6) is -0.359. The highest BCUT2D eigenvalue weighted by Crippen LogP contribution is 2.37. The summed E-state index contributed by atoms with van der Waals surface area (Å²) in [5.41, 5.74) is 3.62. The number of carboxylic acids is 1. The van der Waals surface area contributed by atoms with Crippen molar-refractivity contribution in [2.45, 2.75) is 5.92 Å². The predicted molar refractivity (Wildman–Crippen MR) is 99.8 cm³/mol. The van der Waals surface area contributed by atoms with Gasteiger partial charge in [-0.05, 0) is 35.4 Å². The normalized spacial score (nSPS) is 15.1. The molecule has 1 aliphatic heterocycles. The summed E-state index contributed by atoms with van der Waals surface area (Å²) in [7, 11) is 0. The molecule has 0 radical (unpaired) electrons. The molecule has 0 spiro atoms. The van der Waals surface area contributed by atoms with Gasteiger partial charge in [-0.2, -0.15) is 0 Å². The van der Waals surface area contributed by atoms with Crippen LogP contribution in [0.3, 0.4) is 0 Å². The third kappa shape index (κ3) is 3.46. The quantitative estimate of drug-likeness (QED) is 0.711. The molecule has 0 saturated heterocycles. The summed E-state index contributed by atoms with van der Waals surface area (Å²) in [6.45, 7) is 1.05. The zero-order valence-corrected chi connectivity index (χ0v) is 14.4. The summed E-state index contributed by atoms with van der Waals surface area (Å²) < 4.78 is 18.9. The lowest BCUT2D eigenvalue weighted by atomic mass is 9.97. The maximum atomic E-state index is 13.1. The van der Waals surface area contributed by atoms with Crippen molar-refractivity contribution in [2.75, 3.05) is 18.5 Å². The molecule has 0 saturated carbocycles. The number of aromatic carboxylic acids is 1. The number of nitrogens with zero attached hydrogens (tertiary/aromatic N) is 1. The summed E-state index contributed by atoms with van der Waals surface area (Å²) in [4.78, 5) is 15.3. The number of aromatic nitrogens is 1. The molecule has 0 bridgehead atoms. The van der Waals surface area contributed by atoms with E-state index in [1.807, 2.05) is 18.2 Å². The van der Waals surface area contributed by atoms with Crippen LogP contribution < -0.4 is 10.1 Å². The molecule has 0 fully saturated rings. The van der Waals surface area contributed by atoms with E-state index in [9.17, 15) is 14.3 Å². The van der Waals surface area contributed by atoms with Crippen molar-refractivity contribution >= 4 is 11.7 Å². The van der Waals surface area contributed by atoms with Crippen LogP contribution in [0.15, 0.2) is 60.9 Å². The number of nitrogens with one attached hydrogen (secondary N) is 1. The van der Waals surface area contributed by atoms with E-state index in [0.29, 0.717) is 18.8 Å². The molecule has 6 heteroatoms. The van der Waals surface area contributed by atoms with Crippen LogP contribution in [0.5, 0.6) is 5.75 Å². The number of hydrogen-bond donors (Lipinski definition) is 2. The van der Waals surface area contributed by atoms with Crippen molar-refractivity contribution in [1.82, 2.24) is 4.98 Å². The van der Waals surface area contributed by atoms with Crippen LogP contribution in [0, 0.1) is 5.82 Å². The third-order valence-corrected chi connectivity index (χ3v) is 4.66. The molecule has 2 heterocycles. The second kappa shape index (κ2) is 7.07. The molecule has 3 aromatic rings. The molecule has 5 nitrogen and oxygen atoms in total. The topological polar surface area (TPSA) is 71.5 Å². The Morgan fingerprint density at radius 1 is 1.19 bits per heavy atom. The highest BCUT2D eigenvalue weighted by atomic mass is 19.1. The van der Waals surface area contributed by atoms with Crippen LogP contribution >= 0.6 is 0 Å². The maximum absolute atomic E-state index is 13.1. The van der Waals surface area contributed by atoms with Crippen molar-refractivity contribution in [1.29, 1.82) is 0 Å². The lowest BCUT2D eigenvalue weighted by Gasteiger charge is -2.13. The Labute approximate surface area is 155 Å². The number of benzene rings is 2. The van der Waals surface area contributed by atoms with Gasteiger partial charge in [0, 0.05) is 24.2 Å². The van der Waals surface area contributed by atoms with Crippen LogP contribution in [0.25, 0.3) is 11.1 Å². The van der Waals surface area contributed by atoms with Crippen molar-refractivity contribution < 1.29 is 19.0 Å². The minimum absolute atomic E-state index is 0.101. The van der Waals surface area contributed by atoms with Gasteiger partial charge >= 0.3 is 5.97 Å². The highest BCUT2D eigenvalue weighted by Gasteiger charge is 2.25. The minimum Gasteiger partial charge on any atom is -0.493 e. The van der Waals surface area contributed by atoms with E-state index in [1.165, 1.54) is 30.6 Å². The first-order valence-corrected chi connectivity index (χ1v) is 8.55. The summed E-state index contributed by atoms with van der Waals surface area (Å²) in [5, 5.41) is 12.4. The van der Waals surface area contributed by atoms with Crippen molar-refractivity contribution in [3.8, 4) is 16.9 Å². The Bertz CT molecular complexity index is 989. The van der Waals surface area contributed by atoms with Crippen LogP contribution in [-0.4, -0.2) is 29.2 Å². The molecule has 1 aromatic heterocycles. The molecular weight excluding hydrogens is 347 g/mol. The Kier molecular flexibility index (Phi) is 4.46. The lowest BCUT2D eigenvalue weighted by Crippen LogP contribution is -2.16. The van der Waals surface area contributed by atoms with Gasteiger partial charge in [0.05, 0.1) is 24.1 Å². The Balaban J connectivity index is 1.51. The van der Waals surface area contributed by atoms with Gasteiger partial charge in [-0.1, -0.05) is 24.3 Å². The number of anilines is 1. The van der Waals surface area contributed by atoms with Gasteiger partial charge < -0.3 is 15.2 Å². The van der Waals surface area contributed by atoms with Gasteiger partial charge in [-0.3, -0.25) is 4.98 Å². The van der Waals surface area contributed by atoms with E-state index >= 15 is 0 Å². The Morgan fingerprint density at radius 2 is 1.96 bits per heavy atom. The van der Waals surface area contributed by atoms with E-state index in [1.54, 1.807) is 12.1 Å². The van der Waals surface area contributed by atoms with Gasteiger partial charge in [-0.25, -0.2) is 9.18 Å². The first kappa shape index (κ1) is 17.0. The zero-order valence-electron chi connectivity index (χ0n) is 14.4. The first-order chi connectivity index (χ1) is 13.1. The van der Waals surface area contributed by atoms with Crippen LogP contribution in [0.4, 0.5) is 10.1 Å². The number of rotatable bonds is 5. The number of ether oxygens (including phenoxy) is 1. The summed E-state index contributed by atoms with van der Waals surface area (Å²) in [6.07, 6.45) is 2.97. The number of carbonyl (C=O) groups is 1. The highest BCUT2D eigenvalue weighted by molar-refractivity contribution is 5.93. The molecule has 0 aliphatic carbocycles. The van der Waals surface area contributed by atoms with Crippen molar-refractivity contribution in [3.05, 3.63) is 77.9 Å². The third-order valence-electron chi connectivity index (χ3n) is 4.66. The summed E-state index contributed by atoms with van der Waals surface area (Å²) >= 11 is 0. The van der Waals surface area contributed by atoms with E-state index in [0.717, 1.165) is 22.4 Å². The monoisotopic (exact) mass is 364 g/mol. The molecule has 136 valence electrons. The van der Waals surface area contributed by atoms with E-state index in [4.69, 9.17) is 4.74 Å². The maximum Gasteiger partial charge on any atom is 0.337 e. The van der Waals surface area contributed by atoms with Crippen molar-refractivity contribution in [2.24, 2.45) is 0 Å². The fourth-order valence-corrected chi connectivity index (χ4v) is 3.22. The number of hydrogen-bond acceptors (Lipinski definition) is 4. The van der Waals surface area contributed by atoms with Crippen LogP contribution in [-0.2, 0) is 0 Å². The van der Waals surface area contributed by atoms with Gasteiger partial charge in [-0.15, -0.1) is 0 Å². The average molecular weight is 364 g/mol. The number of halogens is 1.